The van der Waals surface area contributed by atoms with Crippen molar-refractivity contribution in [1.82, 2.24) is 4.57 Å². The standard InChI is InChI=1S/C16H16FNO3/c1-4-21-16(20)13-9-18(8-10(2)3)14-7-11(17)5-6-12(14)15(13)19/h5-7,9H,2,4,8H2,1,3H3. The van der Waals surface area contributed by atoms with Crippen LogP contribution < -0.4 is 5.43 Å². The molecule has 1 aromatic carbocycles. The summed E-state index contributed by atoms with van der Waals surface area (Å²) in [7, 11) is 0. The molecular formula is C16H16FNO3. The molecule has 0 saturated heterocycles. The third-order valence-corrected chi connectivity index (χ3v) is 2.98. The maximum absolute atomic E-state index is 13.4. The SMILES string of the molecule is C=C(C)Cn1cc(C(=O)OCC)c(=O)c2ccc(F)cc21. The summed E-state index contributed by atoms with van der Waals surface area (Å²) < 4.78 is 20.0. The molecule has 5 heteroatoms. The predicted molar refractivity (Wildman–Crippen MR) is 78.9 cm³/mol. The van der Waals surface area contributed by atoms with Crippen molar-refractivity contribution in [2.45, 2.75) is 20.4 Å². The van der Waals surface area contributed by atoms with Crippen LogP contribution in [0.25, 0.3) is 10.9 Å². The third-order valence-electron chi connectivity index (χ3n) is 2.98. The summed E-state index contributed by atoms with van der Waals surface area (Å²) in [5, 5.41) is 0.281. The van der Waals surface area contributed by atoms with Gasteiger partial charge in [-0.15, -0.1) is 0 Å². The van der Waals surface area contributed by atoms with E-state index in [1.165, 1.54) is 24.4 Å². The summed E-state index contributed by atoms with van der Waals surface area (Å²) >= 11 is 0. The van der Waals surface area contributed by atoms with E-state index in [4.69, 9.17) is 4.74 Å². The normalized spacial score (nSPS) is 10.6. The highest BCUT2D eigenvalue weighted by atomic mass is 19.1. The number of rotatable bonds is 4. The van der Waals surface area contributed by atoms with E-state index in [2.05, 4.69) is 6.58 Å². The van der Waals surface area contributed by atoms with Gasteiger partial charge in [0.2, 0.25) is 5.43 Å². The Bertz CT molecular complexity index is 777. The van der Waals surface area contributed by atoms with Crippen LogP contribution in [0.1, 0.15) is 24.2 Å². The van der Waals surface area contributed by atoms with Gasteiger partial charge in [0.1, 0.15) is 11.4 Å². The van der Waals surface area contributed by atoms with Crippen molar-refractivity contribution in [2.75, 3.05) is 6.61 Å². The maximum atomic E-state index is 13.4. The zero-order valence-corrected chi connectivity index (χ0v) is 12.0. The lowest BCUT2D eigenvalue weighted by atomic mass is 10.1. The number of halogens is 1. The van der Waals surface area contributed by atoms with Crippen LogP contribution in [0, 0.1) is 5.82 Å². The number of carbonyl (C=O) groups excluding carboxylic acids is 1. The molecule has 0 aliphatic rings. The number of esters is 1. The number of hydrogen-bond acceptors (Lipinski definition) is 3. The molecule has 0 unspecified atom stereocenters. The summed E-state index contributed by atoms with van der Waals surface area (Å²) in [5.41, 5.74) is 0.730. The average molecular weight is 289 g/mol. The minimum atomic E-state index is -0.677. The smallest absolute Gasteiger partial charge is 0.343 e. The second-order valence-electron chi connectivity index (χ2n) is 4.84. The highest BCUT2D eigenvalue weighted by molar-refractivity contribution is 5.93. The van der Waals surface area contributed by atoms with Crippen molar-refractivity contribution in [3.05, 3.63) is 58.2 Å². The van der Waals surface area contributed by atoms with Crippen molar-refractivity contribution in [3.63, 3.8) is 0 Å². The molecule has 0 saturated carbocycles. The number of aromatic nitrogens is 1. The molecule has 0 spiro atoms. The molecule has 0 aliphatic heterocycles. The number of fused-ring (bicyclic) bond motifs is 1. The highest BCUT2D eigenvalue weighted by Gasteiger charge is 2.16. The van der Waals surface area contributed by atoms with Crippen molar-refractivity contribution in [2.24, 2.45) is 0 Å². The topological polar surface area (TPSA) is 48.3 Å². The van der Waals surface area contributed by atoms with Crippen LogP contribution in [0.15, 0.2) is 41.3 Å². The molecule has 0 bridgehead atoms. The Kier molecular flexibility index (Phi) is 4.21. The van der Waals surface area contributed by atoms with Crippen LogP contribution >= 0.6 is 0 Å². The largest absolute Gasteiger partial charge is 0.462 e. The molecule has 0 fully saturated rings. The van der Waals surface area contributed by atoms with Gasteiger partial charge >= 0.3 is 5.97 Å². The van der Waals surface area contributed by atoms with Gasteiger partial charge in [-0.2, -0.15) is 0 Å². The van der Waals surface area contributed by atoms with Gasteiger partial charge in [-0.25, -0.2) is 9.18 Å². The van der Waals surface area contributed by atoms with Gasteiger partial charge < -0.3 is 9.30 Å². The molecule has 0 N–H and O–H groups in total. The Morgan fingerprint density at radius 2 is 2.14 bits per heavy atom. The highest BCUT2D eigenvalue weighted by Crippen LogP contribution is 2.15. The molecule has 1 heterocycles. The van der Waals surface area contributed by atoms with Gasteiger partial charge in [-0.05, 0) is 32.0 Å². The van der Waals surface area contributed by atoms with Crippen molar-refractivity contribution < 1.29 is 13.9 Å². The van der Waals surface area contributed by atoms with E-state index < -0.39 is 17.2 Å². The number of hydrogen-bond donors (Lipinski definition) is 0. The fourth-order valence-electron chi connectivity index (χ4n) is 2.14. The zero-order valence-electron chi connectivity index (χ0n) is 12.0. The number of ether oxygens (including phenoxy) is 1. The predicted octanol–water partition coefficient (Wildman–Crippen LogP) is 2.89. The summed E-state index contributed by atoms with van der Waals surface area (Å²) in [4.78, 5) is 24.2. The van der Waals surface area contributed by atoms with Gasteiger partial charge in [0, 0.05) is 18.1 Å². The van der Waals surface area contributed by atoms with E-state index in [1.54, 1.807) is 11.5 Å². The lowest BCUT2D eigenvalue weighted by Gasteiger charge is -2.13. The third kappa shape index (κ3) is 3.02. The fourth-order valence-corrected chi connectivity index (χ4v) is 2.14. The molecule has 0 aliphatic carbocycles. The summed E-state index contributed by atoms with van der Waals surface area (Å²) in [6.07, 6.45) is 1.40. The number of benzene rings is 1. The molecule has 2 rings (SSSR count). The molecule has 0 amide bonds. The molecule has 2 aromatic rings. The number of nitrogens with zero attached hydrogens (tertiary/aromatic N) is 1. The number of pyridine rings is 1. The minimum absolute atomic E-state index is 0.0581. The van der Waals surface area contributed by atoms with Crippen LogP contribution in [0.2, 0.25) is 0 Å². The van der Waals surface area contributed by atoms with E-state index >= 15 is 0 Å². The molecule has 0 radical (unpaired) electrons. The summed E-state index contributed by atoms with van der Waals surface area (Å²) in [6.45, 7) is 7.85. The van der Waals surface area contributed by atoms with E-state index in [1.807, 2.05) is 6.92 Å². The van der Waals surface area contributed by atoms with Gasteiger partial charge in [0.05, 0.1) is 12.1 Å². The van der Waals surface area contributed by atoms with Crippen molar-refractivity contribution in [3.8, 4) is 0 Å². The number of allylic oxidation sites excluding steroid dienone is 1. The Labute approximate surface area is 121 Å². The van der Waals surface area contributed by atoms with Crippen LogP contribution in [0.4, 0.5) is 4.39 Å². The van der Waals surface area contributed by atoms with Crippen LogP contribution in [-0.4, -0.2) is 17.1 Å². The van der Waals surface area contributed by atoms with Crippen molar-refractivity contribution >= 4 is 16.9 Å². The van der Waals surface area contributed by atoms with E-state index in [-0.39, 0.29) is 17.6 Å². The van der Waals surface area contributed by atoms with Gasteiger partial charge in [0.15, 0.2) is 0 Å². The van der Waals surface area contributed by atoms with Gasteiger partial charge in [-0.1, -0.05) is 12.2 Å². The maximum Gasteiger partial charge on any atom is 0.343 e. The molecule has 110 valence electrons. The molecular weight excluding hydrogens is 273 g/mol. The zero-order chi connectivity index (χ0) is 15.6. The molecule has 21 heavy (non-hydrogen) atoms. The second-order valence-corrected chi connectivity index (χ2v) is 4.84. The first-order valence-electron chi connectivity index (χ1n) is 6.58. The first-order valence-corrected chi connectivity index (χ1v) is 6.58. The fraction of sp³-hybridized carbons (Fsp3) is 0.250. The van der Waals surface area contributed by atoms with E-state index in [9.17, 15) is 14.0 Å². The molecule has 0 atom stereocenters. The minimum Gasteiger partial charge on any atom is -0.462 e. The Morgan fingerprint density at radius 1 is 1.43 bits per heavy atom. The monoisotopic (exact) mass is 289 g/mol. The van der Waals surface area contributed by atoms with Gasteiger partial charge in [-0.3, -0.25) is 4.79 Å². The first-order chi connectivity index (χ1) is 9.93. The Morgan fingerprint density at radius 3 is 2.76 bits per heavy atom. The average Bonchev–Trinajstić information content (AvgIpc) is 2.41. The van der Waals surface area contributed by atoms with Crippen LogP contribution in [-0.2, 0) is 11.3 Å². The Balaban J connectivity index is 2.75. The van der Waals surface area contributed by atoms with E-state index in [0.29, 0.717) is 12.1 Å². The second kappa shape index (κ2) is 5.91. The molecule has 1 aromatic heterocycles. The van der Waals surface area contributed by atoms with Gasteiger partial charge in [0.25, 0.3) is 0 Å². The van der Waals surface area contributed by atoms with E-state index in [0.717, 1.165) is 5.57 Å². The lowest BCUT2D eigenvalue weighted by Crippen LogP contribution is -2.21. The van der Waals surface area contributed by atoms with Crippen LogP contribution in [0.5, 0.6) is 0 Å². The number of carbonyl (C=O) groups is 1. The first kappa shape index (κ1) is 15.0. The van der Waals surface area contributed by atoms with Crippen molar-refractivity contribution in [1.29, 1.82) is 0 Å². The molecule has 4 nitrogen and oxygen atoms in total. The summed E-state index contributed by atoms with van der Waals surface area (Å²) in [5.74, 6) is -1.12. The quantitative estimate of drug-likeness (QED) is 0.642. The Hall–Kier alpha value is -2.43. The summed E-state index contributed by atoms with van der Waals surface area (Å²) in [6, 6.07) is 3.85. The lowest BCUT2D eigenvalue weighted by molar-refractivity contribution is 0.0524. The van der Waals surface area contributed by atoms with Crippen LogP contribution in [0.3, 0.4) is 0 Å².